The van der Waals surface area contributed by atoms with E-state index < -0.39 is 0 Å². The Morgan fingerprint density at radius 3 is 2.12 bits per heavy atom. The predicted octanol–water partition coefficient (Wildman–Crippen LogP) is 5.33. The van der Waals surface area contributed by atoms with Crippen LogP contribution < -0.4 is 0 Å². The fourth-order valence-corrected chi connectivity index (χ4v) is 3.44. The summed E-state index contributed by atoms with van der Waals surface area (Å²) in [5.41, 5.74) is 2.93. The standard InChI is InChI=1S/C21H27NO2/c1-20(2,3)14-21(4,5)16-11-12-18(23)17(13-16)19(22-24)15-9-7-6-8-10-15/h6-13,23-24H,14H2,1-5H3. The molecule has 0 aliphatic rings. The van der Waals surface area contributed by atoms with Crippen LogP contribution in [0.2, 0.25) is 0 Å². The summed E-state index contributed by atoms with van der Waals surface area (Å²) in [7, 11) is 0. The fourth-order valence-electron chi connectivity index (χ4n) is 3.44. The first kappa shape index (κ1) is 18.1. The highest BCUT2D eigenvalue weighted by Gasteiger charge is 2.28. The molecule has 0 radical (unpaired) electrons. The summed E-state index contributed by atoms with van der Waals surface area (Å²) < 4.78 is 0. The molecule has 2 N–H and O–H groups in total. The molecular formula is C21H27NO2. The van der Waals surface area contributed by atoms with Crippen molar-refractivity contribution >= 4 is 5.71 Å². The van der Waals surface area contributed by atoms with E-state index in [2.05, 4.69) is 39.8 Å². The van der Waals surface area contributed by atoms with Crippen molar-refractivity contribution in [1.82, 2.24) is 0 Å². The maximum atomic E-state index is 10.3. The van der Waals surface area contributed by atoms with Crippen molar-refractivity contribution in [2.75, 3.05) is 0 Å². The SMILES string of the molecule is CC(C)(C)CC(C)(C)c1ccc(O)c(C(=NO)c2ccccc2)c1. The highest BCUT2D eigenvalue weighted by Crippen LogP contribution is 2.38. The van der Waals surface area contributed by atoms with Crippen LogP contribution in [0.25, 0.3) is 0 Å². The van der Waals surface area contributed by atoms with E-state index >= 15 is 0 Å². The van der Waals surface area contributed by atoms with Gasteiger partial charge in [0.2, 0.25) is 0 Å². The maximum absolute atomic E-state index is 10.3. The molecule has 0 atom stereocenters. The second kappa shape index (κ2) is 6.68. The van der Waals surface area contributed by atoms with Crippen LogP contribution >= 0.6 is 0 Å². The van der Waals surface area contributed by atoms with Gasteiger partial charge in [0.25, 0.3) is 0 Å². The molecule has 0 heterocycles. The van der Waals surface area contributed by atoms with Gasteiger partial charge in [-0.3, -0.25) is 0 Å². The summed E-state index contributed by atoms with van der Waals surface area (Å²) in [5.74, 6) is 0.113. The van der Waals surface area contributed by atoms with Gasteiger partial charge < -0.3 is 10.3 Å². The van der Waals surface area contributed by atoms with Gasteiger partial charge >= 0.3 is 0 Å². The van der Waals surface area contributed by atoms with Crippen molar-refractivity contribution in [3.05, 3.63) is 65.2 Å². The average molecular weight is 325 g/mol. The number of phenolic OH excluding ortho intramolecular Hbond substituents is 1. The predicted molar refractivity (Wildman–Crippen MR) is 99.1 cm³/mol. The molecule has 2 rings (SSSR count). The average Bonchev–Trinajstić information content (AvgIpc) is 2.48. The van der Waals surface area contributed by atoms with Crippen molar-refractivity contribution in [3.8, 4) is 5.75 Å². The first-order valence-electron chi connectivity index (χ1n) is 8.25. The van der Waals surface area contributed by atoms with Crippen molar-refractivity contribution in [2.45, 2.75) is 46.5 Å². The van der Waals surface area contributed by atoms with Gasteiger partial charge in [-0.1, -0.05) is 76.2 Å². The van der Waals surface area contributed by atoms with Crippen LogP contribution in [-0.4, -0.2) is 16.0 Å². The normalized spacial score (nSPS) is 13.1. The third-order valence-corrected chi connectivity index (χ3v) is 4.15. The number of hydrogen-bond donors (Lipinski definition) is 2. The van der Waals surface area contributed by atoms with Gasteiger partial charge in [0.15, 0.2) is 0 Å². The van der Waals surface area contributed by atoms with E-state index in [1.165, 1.54) is 0 Å². The summed E-state index contributed by atoms with van der Waals surface area (Å²) in [4.78, 5) is 0. The molecule has 0 fully saturated rings. The number of phenols is 1. The zero-order valence-electron chi connectivity index (χ0n) is 15.2. The lowest BCUT2D eigenvalue weighted by atomic mass is 9.72. The number of hydrogen-bond acceptors (Lipinski definition) is 3. The monoisotopic (exact) mass is 325 g/mol. The molecule has 24 heavy (non-hydrogen) atoms. The van der Waals surface area contributed by atoms with E-state index in [1.807, 2.05) is 42.5 Å². The van der Waals surface area contributed by atoms with Crippen molar-refractivity contribution in [2.24, 2.45) is 10.6 Å². The molecule has 3 heteroatoms. The lowest BCUT2D eigenvalue weighted by Gasteiger charge is -2.33. The van der Waals surface area contributed by atoms with E-state index in [9.17, 15) is 10.3 Å². The van der Waals surface area contributed by atoms with E-state index in [-0.39, 0.29) is 16.6 Å². The van der Waals surface area contributed by atoms with Crippen LogP contribution in [0.4, 0.5) is 0 Å². The molecule has 0 saturated heterocycles. The third-order valence-electron chi connectivity index (χ3n) is 4.15. The number of rotatable bonds is 4. The Balaban J connectivity index is 2.49. The summed E-state index contributed by atoms with van der Waals surface area (Å²) in [6.45, 7) is 11.1. The van der Waals surface area contributed by atoms with Gasteiger partial charge in [-0.25, -0.2) is 0 Å². The minimum atomic E-state index is -0.0576. The fraction of sp³-hybridized carbons (Fsp3) is 0.381. The summed E-state index contributed by atoms with van der Waals surface area (Å²) in [6.07, 6.45) is 1.00. The lowest BCUT2D eigenvalue weighted by Crippen LogP contribution is -2.25. The zero-order chi connectivity index (χ0) is 18.0. The Labute approximate surface area is 144 Å². The summed E-state index contributed by atoms with van der Waals surface area (Å²) >= 11 is 0. The zero-order valence-corrected chi connectivity index (χ0v) is 15.2. The van der Waals surface area contributed by atoms with Crippen LogP contribution in [0.3, 0.4) is 0 Å². The van der Waals surface area contributed by atoms with Gasteiger partial charge in [-0.2, -0.15) is 0 Å². The van der Waals surface area contributed by atoms with E-state index in [4.69, 9.17) is 0 Å². The molecule has 0 saturated carbocycles. The molecule has 0 amide bonds. The Kier molecular flexibility index (Phi) is 5.02. The van der Waals surface area contributed by atoms with Crippen molar-refractivity contribution in [3.63, 3.8) is 0 Å². The molecule has 0 aliphatic carbocycles. The first-order valence-corrected chi connectivity index (χ1v) is 8.25. The highest BCUT2D eigenvalue weighted by atomic mass is 16.4. The van der Waals surface area contributed by atoms with E-state index in [0.717, 1.165) is 17.5 Å². The molecule has 0 aromatic heterocycles. The van der Waals surface area contributed by atoms with Crippen LogP contribution in [0, 0.1) is 5.41 Å². The van der Waals surface area contributed by atoms with Crippen LogP contribution in [0.15, 0.2) is 53.7 Å². The van der Waals surface area contributed by atoms with Gasteiger partial charge in [0.1, 0.15) is 11.5 Å². The molecule has 128 valence electrons. The minimum Gasteiger partial charge on any atom is -0.507 e. The Morgan fingerprint density at radius 1 is 0.958 bits per heavy atom. The second-order valence-electron chi connectivity index (χ2n) is 8.17. The van der Waals surface area contributed by atoms with Crippen molar-refractivity contribution in [1.29, 1.82) is 0 Å². The van der Waals surface area contributed by atoms with Gasteiger partial charge in [-0.05, 0) is 34.9 Å². The molecule has 0 bridgehead atoms. The largest absolute Gasteiger partial charge is 0.507 e. The first-order chi connectivity index (χ1) is 11.1. The molecule has 0 unspecified atom stereocenters. The summed E-state index contributed by atoms with van der Waals surface area (Å²) in [6, 6.07) is 15.0. The minimum absolute atomic E-state index is 0.0576. The molecular weight excluding hydrogens is 298 g/mol. The van der Waals surface area contributed by atoms with E-state index in [0.29, 0.717) is 11.3 Å². The Hall–Kier alpha value is -2.29. The quantitative estimate of drug-likeness (QED) is 0.453. The Morgan fingerprint density at radius 2 is 1.58 bits per heavy atom. The molecule has 2 aromatic rings. The highest BCUT2D eigenvalue weighted by molar-refractivity contribution is 6.14. The Bertz CT molecular complexity index is 725. The van der Waals surface area contributed by atoms with Crippen molar-refractivity contribution < 1.29 is 10.3 Å². The third kappa shape index (κ3) is 4.16. The van der Waals surface area contributed by atoms with Crippen LogP contribution in [-0.2, 0) is 5.41 Å². The maximum Gasteiger partial charge on any atom is 0.125 e. The lowest BCUT2D eigenvalue weighted by molar-refractivity contribution is 0.284. The number of nitrogens with zero attached hydrogens (tertiary/aromatic N) is 1. The number of aromatic hydroxyl groups is 1. The van der Waals surface area contributed by atoms with E-state index in [1.54, 1.807) is 6.07 Å². The van der Waals surface area contributed by atoms with Gasteiger partial charge in [-0.15, -0.1) is 0 Å². The van der Waals surface area contributed by atoms with Gasteiger partial charge in [0.05, 0.1) is 0 Å². The number of benzene rings is 2. The summed E-state index contributed by atoms with van der Waals surface area (Å²) in [5, 5.41) is 23.3. The number of oxime groups is 1. The second-order valence-corrected chi connectivity index (χ2v) is 8.17. The van der Waals surface area contributed by atoms with Crippen LogP contribution in [0.1, 0.15) is 57.7 Å². The topological polar surface area (TPSA) is 52.8 Å². The smallest absolute Gasteiger partial charge is 0.125 e. The molecule has 3 nitrogen and oxygen atoms in total. The molecule has 2 aromatic carbocycles. The molecule has 0 spiro atoms. The van der Waals surface area contributed by atoms with Crippen LogP contribution in [0.5, 0.6) is 5.75 Å². The molecule has 0 aliphatic heterocycles. The van der Waals surface area contributed by atoms with Gasteiger partial charge in [0, 0.05) is 11.1 Å².